The molecule has 2 heterocycles. The van der Waals surface area contributed by atoms with Crippen LogP contribution in [-0.2, 0) is 6.54 Å². The summed E-state index contributed by atoms with van der Waals surface area (Å²) in [5.41, 5.74) is 0.416. The smallest absolute Gasteiger partial charge is 0.344 e. The molecule has 0 radical (unpaired) electrons. The van der Waals surface area contributed by atoms with E-state index >= 15 is 0 Å². The third-order valence-corrected chi connectivity index (χ3v) is 4.48. The van der Waals surface area contributed by atoms with Crippen LogP contribution in [0.25, 0.3) is 0 Å². The van der Waals surface area contributed by atoms with E-state index in [1.165, 1.54) is 36.0 Å². The number of esters is 1. The van der Waals surface area contributed by atoms with E-state index in [4.69, 9.17) is 4.74 Å². The number of carbonyl (C=O) groups is 1. The predicted molar refractivity (Wildman–Crippen MR) is 84.7 cm³/mol. The van der Waals surface area contributed by atoms with Gasteiger partial charge in [-0.2, -0.15) is 4.98 Å². The Labute approximate surface area is 136 Å². The van der Waals surface area contributed by atoms with Crippen LogP contribution in [0.2, 0.25) is 0 Å². The molecule has 0 unspecified atom stereocenters. The lowest BCUT2D eigenvalue weighted by Crippen LogP contribution is -2.27. The molecular weight excluding hydrogens is 319 g/mol. The van der Waals surface area contributed by atoms with E-state index in [1.807, 2.05) is 13.8 Å². The minimum atomic E-state index is -0.660. The molecule has 0 amide bonds. The van der Waals surface area contributed by atoms with Gasteiger partial charge in [-0.3, -0.25) is 9.36 Å². The summed E-state index contributed by atoms with van der Waals surface area (Å²) in [6.45, 7) is 4.31. The second-order valence-corrected chi connectivity index (χ2v) is 6.53. The minimum absolute atomic E-state index is 0.0416. The molecule has 0 saturated carbocycles. The van der Waals surface area contributed by atoms with E-state index in [0.717, 1.165) is 5.75 Å². The Morgan fingerprint density at radius 3 is 2.70 bits per heavy atom. The van der Waals surface area contributed by atoms with Crippen LogP contribution in [0.15, 0.2) is 34.2 Å². The van der Waals surface area contributed by atoms with Gasteiger partial charge in [-0.15, -0.1) is 0 Å². The Balaban J connectivity index is 1.99. The molecule has 2 aromatic rings. The first kappa shape index (κ1) is 15.7. The molecule has 120 valence electrons. The van der Waals surface area contributed by atoms with Crippen molar-refractivity contribution in [2.75, 3.05) is 5.75 Å². The number of hydrogen-bond donors (Lipinski definition) is 0. The summed E-state index contributed by atoms with van der Waals surface area (Å²) in [5, 5.41) is 0.557. The van der Waals surface area contributed by atoms with Crippen molar-refractivity contribution < 1.29 is 13.9 Å². The summed E-state index contributed by atoms with van der Waals surface area (Å²) < 4.78 is 19.9. The highest BCUT2D eigenvalue weighted by Gasteiger charge is 2.25. The maximum atomic E-state index is 12.9. The highest BCUT2D eigenvalue weighted by atomic mass is 32.2. The van der Waals surface area contributed by atoms with Gasteiger partial charge in [0.2, 0.25) is 5.88 Å². The number of ether oxygens (including phenoxy) is 1. The summed E-state index contributed by atoms with van der Waals surface area (Å²) >= 11 is 1.45. The summed E-state index contributed by atoms with van der Waals surface area (Å²) in [7, 11) is 0. The predicted octanol–water partition coefficient (Wildman–Crippen LogP) is 2.83. The lowest BCUT2D eigenvalue weighted by atomic mass is 10.1. The zero-order valence-electron chi connectivity index (χ0n) is 12.7. The van der Waals surface area contributed by atoms with Crippen LogP contribution in [-0.4, -0.2) is 21.3 Å². The number of aromatic nitrogens is 2. The highest BCUT2D eigenvalue weighted by molar-refractivity contribution is 7.99. The van der Waals surface area contributed by atoms with Gasteiger partial charge in [-0.25, -0.2) is 9.18 Å². The van der Waals surface area contributed by atoms with E-state index < -0.39 is 11.8 Å². The number of thioether (sulfide) groups is 1. The molecule has 0 fully saturated rings. The second kappa shape index (κ2) is 6.16. The van der Waals surface area contributed by atoms with Crippen LogP contribution in [0.4, 0.5) is 4.39 Å². The number of nitrogens with zero attached hydrogens (tertiary/aromatic N) is 2. The van der Waals surface area contributed by atoms with Crippen LogP contribution in [0.1, 0.15) is 35.7 Å². The standard InChI is InChI=1S/C16H15FN2O3S/c1-9(2)12-13(18-16-19(14(12)20)7-8-23-16)22-15(21)10-3-5-11(17)6-4-10/h3-6,9H,7-8H2,1-2H3. The lowest BCUT2D eigenvalue weighted by Gasteiger charge is -2.13. The van der Waals surface area contributed by atoms with Gasteiger partial charge in [-0.1, -0.05) is 25.6 Å². The van der Waals surface area contributed by atoms with E-state index in [1.54, 1.807) is 4.57 Å². The largest absolute Gasteiger partial charge is 0.403 e. The number of halogens is 1. The molecule has 0 atom stereocenters. The number of benzene rings is 1. The second-order valence-electron chi connectivity index (χ2n) is 5.47. The summed E-state index contributed by atoms with van der Waals surface area (Å²) in [6.07, 6.45) is 0. The van der Waals surface area contributed by atoms with Crippen LogP contribution >= 0.6 is 11.8 Å². The summed E-state index contributed by atoms with van der Waals surface area (Å²) in [6, 6.07) is 5.03. The Hall–Kier alpha value is -2.15. The zero-order valence-corrected chi connectivity index (χ0v) is 13.5. The van der Waals surface area contributed by atoms with Gasteiger partial charge in [0.05, 0.1) is 11.1 Å². The first-order valence-corrected chi connectivity index (χ1v) is 8.21. The Morgan fingerprint density at radius 1 is 1.35 bits per heavy atom. The first-order valence-electron chi connectivity index (χ1n) is 7.22. The van der Waals surface area contributed by atoms with Gasteiger partial charge in [0, 0.05) is 12.3 Å². The van der Waals surface area contributed by atoms with Crippen LogP contribution in [0.3, 0.4) is 0 Å². The Kier molecular flexibility index (Phi) is 4.21. The highest BCUT2D eigenvalue weighted by Crippen LogP contribution is 2.28. The van der Waals surface area contributed by atoms with E-state index in [2.05, 4.69) is 4.98 Å². The van der Waals surface area contributed by atoms with Gasteiger partial charge in [0.1, 0.15) is 5.82 Å². The van der Waals surface area contributed by atoms with Crippen molar-refractivity contribution in [3.63, 3.8) is 0 Å². The SMILES string of the molecule is CC(C)c1c(OC(=O)c2ccc(F)cc2)nc2n(c1=O)CCS2. The van der Waals surface area contributed by atoms with Crippen molar-refractivity contribution in [3.05, 3.63) is 51.6 Å². The van der Waals surface area contributed by atoms with Crippen molar-refractivity contribution in [2.45, 2.75) is 31.5 Å². The quantitative estimate of drug-likeness (QED) is 0.638. The van der Waals surface area contributed by atoms with Crippen LogP contribution in [0, 0.1) is 5.82 Å². The monoisotopic (exact) mass is 334 g/mol. The van der Waals surface area contributed by atoms with Gasteiger partial charge in [0.15, 0.2) is 5.16 Å². The Morgan fingerprint density at radius 2 is 2.04 bits per heavy atom. The number of rotatable bonds is 3. The fourth-order valence-electron chi connectivity index (χ4n) is 2.37. The molecule has 0 spiro atoms. The molecule has 0 aliphatic carbocycles. The molecule has 5 nitrogen and oxygen atoms in total. The zero-order chi connectivity index (χ0) is 16.6. The van der Waals surface area contributed by atoms with Crippen molar-refractivity contribution in [3.8, 4) is 5.88 Å². The molecule has 1 aromatic carbocycles. The minimum Gasteiger partial charge on any atom is -0.403 e. The topological polar surface area (TPSA) is 61.2 Å². The third kappa shape index (κ3) is 3.01. The third-order valence-electron chi connectivity index (χ3n) is 3.53. The van der Waals surface area contributed by atoms with E-state index in [0.29, 0.717) is 17.3 Å². The van der Waals surface area contributed by atoms with Crippen molar-refractivity contribution in [1.82, 2.24) is 9.55 Å². The molecular formula is C16H15FN2O3S. The molecule has 1 aliphatic rings. The Bertz CT molecular complexity index is 815. The maximum Gasteiger partial charge on any atom is 0.344 e. The number of fused-ring (bicyclic) bond motifs is 1. The van der Waals surface area contributed by atoms with Crippen molar-refractivity contribution >= 4 is 17.7 Å². The van der Waals surface area contributed by atoms with Gasteiger partial charge in [0.25, 0.3) is 5.56 Å². The molecule has 0 saturated heterocycles. The van der Waals surface area contributed by atoms with Crippen LogP contribution in [0.5, 0.6) is 5.88 Å². The molecule has 7 heteroatoms. The molecule has 23 heavy (non-hydrogen) atoms. The summed E-state index contributed by atoms with van der Waals surface area (Å²) in [4.78, 5) is 29.1. The fourth-order valence-corrected chi connectivity index (χ4v) is 3.31. The van der Waals surface area contributed by atoms with Gasteiger partial charge in [-0.05, 0) is 30.2 Å². The van der Waals surface area contributed by atoms with Crippen molar-refractivity contribution in [1.29, 1.82) is 0 Å². The normalized spacial score (nSPS) is 13.2. The first-order chi connectivity index (χ1) is 11.0. The fraction of sp³-hybridized carbons (Fsp3) is 0.312. The van der Waals surface area contributed by atoms with Crippen molar-refractivity contribution in [2.24, 2.45) is 0 Å². The van der Waals surface area contributed by atoms with E-state index in [-0.39, 0.29) is 22.9 Å². The average molecular weight is 334 g/mol. The molecule has 0 N–H and O–H groups in total. The molecule has 1 aromatic heterocycles. The molecule has 1 aliphatic heterocycles. The maximum absolute atomic E-state index is 12.9. The number of hydrogen-bond acceptors (Lipinski definition) is 5. The lowest BCUT2D eigenvalue weighted by molar-refractivity contribution is 0.0723. The summed E-state index contributed by atoms with van der Waals surface area (Å²) in [5.74, 6) is -0.411. The molecule has 0 bridgehead atoms. The van der Waals surface area contributed by atoms with Gasteiger partial charge >= 0.3 is 5.97 Å². The van der Waals surface area contributed by atoms with Crippen LogP contribution < -0.4 is 10.3 Å². The van der Waals surface area contributed by atoms with E-state index in [9.17, 15) is 14.0 Å². The molecule has 3 rings (SSSR count). The average Bonchev–Trinajstić information content (AvgIpc) is 2.96. The van der Waals surface area contributed by atoms with Gasteiger partial charge < -0.3 is 4.74 Å². The number of carbonyl (C=O) groups excluding carboxylic acids is 1.